The van der Waals surface area contributed by atoms with Gasteiger partial charge in [0.2, 0.25) is 0 Å². The molecule has 0 unspecified atom stereocenters. The molecule has 10 aromatic carbocycles. The summed E-state index contributed by atoms with van der Waals surface area (Å²) in [4.78, 5) is 2.37. The van der Waals surface area contributed by atoms with Gasteiger partial charge < -0.3 is 13.9 Å². The van der Waals surface area contributed by atoms with E-state index in [0.29, 0.717) is 0 Å². The summed E-state index contributed by atoms with van der Waals surface area (Å²) in [6.45, 7) is 0. The molecule has 61 heavy (non-hydrogen) atoms. The van der Waals surface area contributed by atoms with Crippen LogP contribution in [0.1, 0.15) is 0 Å². The van der Waals surface area contributed by atoms with Gasteiger partial charge in [-0.1, -0.05) is 152 Å². The molecule has 0 N–H and O–H groups in total. The smallest absolute Gasteiger partial charge is 0.143 e. The fourth-order valence-corrected chi connectivity index (χ4v) is 10.0. The summed E-state index contributed by atoms with van der Waals surface area (Å²) >= 11 is 0. The first-order chi connectivity index (χ1) is 30.3. The van der Waals surface area contributed by atoms with Gasteiger partial charge in [0.25, 0.3) is 0 Å². The number of anilines is 3. The van der Waals surface area contributed by atoms with Crippen LogP contribution in [-0.2, 0) is 0 Å². The molecule has 0 radical (unpaired) electrons. The van der Waals surface area contributed by atoms with Crippen LogP contribution in [0.3, 0.4) is 0 Å². The van der Waals surface area contributed by atoms with Crippen LogP contribution in [0.2, 0.25) is 0 Å². The van der Waals surface area contributed by atoms with Crippen molar-refractivity contribution in [2.45, 2.75) is 0 Å². The van der Waals surface area contributed by atoms with Gasteiger partial charge in [0.15, 0.2) is 0 Å². The second-order valence-electron chi connectivity index (χ2n) is 16.0. The standard InChI is InChI=1S/C58H36N2O/c1-3-12-37(13-4-1)38-24-28-42(29-25-38)59(44-32-33-47-46-18-7-8-22-52(46)60(53(47)36-44)41-16-5-2-6-17-41)43-30-26-39(27-31-43)45-34-35-51-49-20-10-15-40-14-9-19-48(55(40)49)50-21-11-23-54-56(50)57(51)58(45)61-54/h1-36H. The zero-order valence-electron chi connectivity index (χ0n) is 33.1. The third-order valence-corrected chi connectivity index (χ3v) is 12.7. The van der Waals surface area contributed by atoms with Gasteiger partial charge >= 0.3 is 0 Å². The average Bonchev–Trinajstić information content (AvgIpc) is 3.85. The molecule has 0 saturated heterocycles. The molecule has 2 aromatic heterocycles. The molecule has 0 amide bonds. The van der Waals surface area contributed by atoms with E-state index in [9.17, 15) is 0 Å². The van der Waals surface area contributed by atoms with Crippen molar-refractivity contribution in [2.75, 3.05) is 4.90 Å². The molecular formula is C58H36N2O. The Morgan fingerprint density at radius 3 is 1.64 bits per heavy atom. The first kappa shape index (κ1) is 33.8. The Morgan fingerprint density at radius 1 is 0.344 bits per heavy atom. The second-order valence-corrected chi connectivity index (χ2v) is 16.0. The van der Waals surface area contributed by atoms with Crippen molar-refractivity contribution in [3.05, 3.63) is 218 Å². The molecule has 0 fully saturated rings. The summed E-state index contributed by atoms with van der Waals surface area (Å²) in [5, 5.41) is 7.37. The topological polar surface area (TPSA) is 21.3 Å². The minimum atomic E-state index is 0.913. The summed E-state index contributed by atoms with van der Waals surface area (Å²) in [5.74, 6) is 0. The van der Waals surface area contributed by atoms with Gasteiger partial charge in [0, 0.05) is 49.9 Å². The summed E-state index contributed by atoms with van der Waals surface area (Å²) < 4.78 is 9.26. The normalized spacial score (nSPS) is 11.9. The number of aromatic nitrogens is 1. The molecular weight excluding hydrogens is 741 g/mol. The molecule has 0 saturated carbocycles. The third kappa shape index (κ3) is 5.11. The molecule has 3 nitrogen and oxygen atoms in total. The van der Waals surface area contributed by atoms with Crippen molar-refractivity contribution >= 4 is 71.6 Å². The zero-order valence-corrected chi connectivity index (χ0v) is 33.1. The van der Waals surface area contributed by atoms with Gasteiger partial charge in [-0.3, -0.25) is 0 Å². The highest BCUT2D eigenvalue weighted by atomic mass is 16.3. The number of para-hydroxylation sites is 2. The SMILES string of the molecule is c1ccc(-c2ccc(N(c3ccc(-c4ccc5c6c4oc4cccc(c46)-c4cccc6cccc-5c46)cc3)c3ccc4c5ccccc5n(-c5ccccc5)c4c3)cc2)cc1. The van der Waals surface area contributed by atoms with Crippen LogP contribution in [0.4, 0.5) is 17.1 Å². The number of hydrogen-bond donors (Lipinski definition) is 0. The van der Waals surface area contributed by atoms with Crippen molar-refractivity contribution in [3.8, 4) is 50.2 Å². The van der Waals surface area contributed by atoms with Crippen LogP contribution in [0.15, 0.2) is 223 Å². The lowest BCUT2D eigenvalue weighted by molar-refractivity contribution is 0.670. The molecule has 3 heteroatoms. The fourth-order valence-electron chi connectivity index (χ4n) is 10.0. The van der Waals surface area contributed by atoms with Crippen LogP contribution in [0.25, 0.3) is 105 Å². The van der Waals surface area contributed by atoms with E-state index in [2.05, 4.69) is 228 Å². The Bertz CT molecular complexity index is 3670. The maximum atomic E-state index is 6.87. The number of hydrogen-bond acceptors (Lipinski definition) is 2. The molecule has 0 aliphatic heterocycles. The van der Waals surface area contributed by atoms with Crippen molar-refractivity contribution < 1.29 is 4.42 Å². The van der Waals surface area contributed by atoms with Crippen LogP contribution in [0, 0.1) is 0 Å². The van der Waals surface area contributed by atoms with Crippen molar-refractivity contribution in [1.82, 2.24) is 4.57 Å². The lowest BCUT2D eigenvalue weighted by atomic mass is 9.92. The van der Waals surface area contributed by atoms with Crippen LogP contribution >= 0.6 is 0 Å². The van der Waals surface area contributed by atoms with Crippen molar-refractivity contribution in [3.63, 3.8) is 0 Å². The summed E-state index contributed by atoms with van der Waals surface area (Å²) in [6.07, 6.45) is 0. The third-order valence-electron chi connectivity index (χ3n) is 12.7. The predicted molar refractivity (Wildman–Crippen MR) is 256 cm³/mol. The van der Waals surface area contributed by atoms with E-state index < -0.39 is 0 Å². The van der Waals surface area contributed by atoms with E-state index in [1.54, 1.807) is 0 Å². The summed E-state index contributed by atoms with van der Waals surface area (Å²) in [7, 11) is 0. The van der Waals surface area contributed by atoms with Crippen LogP contribution in [-0.4, -0.2) is 4.57 Å². The van der Waals surface area contributed by atoms with E-state index in [-0.39, 0.29) is 0 Å². The summed E-state index contributed by atoms with van der Waals surface area (Å²) in [6, 6.07) is 79.1. The minimum Gasteiger partial charge on any atom is -0.455 e. The number of rotatable bonds is 6. The Labute approximate surface area is 352 Å². The largest absolute Gasteiger partial charge is 0.455 e. The number of fused-ring (bicyclic) bond motifs is 5. The van der Waals surface area contributed by atoms with Gasteiger partial charge in [0.05, 0.1) is 11.0 Å². The van der Waals surface area contributed by atoms with E-state index in [1.807, 2.05) is 0 Å². The minimum absolute atomic E-state index is 0.913. The quantitative estimate of drug-likeness (QED) is 0.168. The van der Waals surface area contributed by atoms with Gasteiger partial charge in [0.1, 0.15) is 11.2 Å². The zero-order chi connectivity index (χ0) is 40.0. The molecule has 13 rings (SSSR count). The number of furan rings is 1. The summed E-state index contributed by atoms with van der Waals surface area (Å²) in [5.41, 5.74) is 18.1. The maximum absolute atomic E-state index is 6.87. The number of benzene rings is 10. The molecule has 0 spiro atoms. The monoisotopic (exact) mass is 776 g/mol. The molecule has 284 valence electrons. The second kappa shape index (κ2) is 13.2. The first-order valence-corrected chi connectivity index (χ1v) is 20.9. The molecule has 2 heterocycles. The highest BCUT2D eigenvalue weighted by Crippen LogP contribution is 2.51. The molecule has 0 bridgehead atoms. The van der Waals surface area contributed by atoms with Gasteiger partial charge in [-0.15, -0.1) is 0 Å². The Balaban J connectivity index is 0.981. The fraction of sp³-hybridized carbons (Fsp3) is 0. The van der Waals surface area contributed by atoms with Crippen molar-refractivity contribution in [1.29, 1.82) is 0 Å². The van der Waals surface area contributed by atoms with E-state index in [4.69, 9.17) is 4.42 Å². The van der Waals surface area contributed by atoms with E-state index in [0.717, 1.165) is 50.6 Å². The molecule has 1 aliphatic rings. The van der Waals surface area contributed by atoms with E-state index >= 15 is 0 Å². The molecule has 1 aliphatic carbocycles. The molecule has 12 aromatic rings. The Morgan fingerprint density at radius 2 is 0.902 bits per heavy atom. The average molecular weight is 777 g/mol. The van der Waals surface area contributed by atoms with Gasteiger partial charge in [-0.05, 0) is 116 Å². The van der Waals surface area contributed by atoms with Crippen LogP contribution < -0.4 is 4.90 Å². The van der Waals surface area contributed by atoms with Gasteiger partial charge in [-0.2, -0.15) is 0 Å². The number of nitrogens with zero attached hydrogens (tertiary/aromatic N) is 2. The Kier molecular flexibility index (Phi) is 7.31. The van der Waals surface area contributed by atoms with Crippen LogP contribution in [0.5, 0.6) is 0 Å². The first-order valence-electron chi connectivity index (χ1n) is 20.9. The lowest BCUT2D eigenvalue weighted by Gasteiger charge is -2.26. The van der Waals surface area contributed by atoms with E-state index in [1.165, 1.54) is 71.2 Å². The van der Waals surface area contributed by atoms with Gasteiger partial charge in [-0.25, -0.2) is 0 Å². The highest BCUT2D eigenvalue weighted by Gasteiger charge is 2.25. The highest BCUT2D eigenvalue weighted by molar-refractivity contribution is 6.27. The maximum Gasteiger partial charge on any atom is 0.143 e. The lowest BCUT2D eigenvalue weighted by Crippen LogP contribution is -2.10. The molecule has 0 atom stereocenters. The predicted octanol–water partition coefficient (Wildman–Crippen LogP) is 16.3. The Hall–Kier alpha value is -8.14. The van der Waals surface area contributed by atoms with Crippen molar-refractivity contribution in [2.24, 2.45) is 0 Å².